The Labute approximate surface area is 150 Å². The lowest BCUT2D eigenvalue weighted by Crippen LogP contribution is -2.45. The van der Waals surface area contributed by atoms with Crippen LogP contribution in [0.25, 0.3) is 6.08 Å². The Morgan fingerprint density at radius 3 is 2.68 bits per heavy atom. The quantitative estimate of drug-likeness (QED) is 0.435. The monoisotopic (exact) mass is 359 g/mol. The summed E-state index contributed by atoms with van der Waals surface area (Å²) in [5, 5.41) is 3.16. The zero-order chi connectivity index (χ0) is 18.1. The van der Waals surface area contributed by atoms with Crippen molar-refractivity contribution in [2.75, 3.05) is 7.11 Å². The van der Waals surface area contributed by atoms with Gasteiger partial charge in [-0.2, -0.15) is 0 Å². The first-order valence-corrected chi connectivity index (χ1v) is 7.88. The molecule has 0 aliphatic heterocycles. The molecule has 0 aliphatic carbocycles. The molecule has 0 aliphatic rings. The first kappa shape index (κ1) is 18.4. The molecule has 25 heavy (non-hydrogen) atoms. The van der Waals surface area contributed by atoms with Crippen LogP contribution in [0.3, 0.4) is 0 Å². The van der Waals surface area contributed by atoms with Gasteiger partial charge in [0, 0.05) is 12.6 Å². The van der Waals surface area contributed by atoms with E-state index < -0.39 is 0 Å². The summed E-state index contributed by atoms with van der Waals surface area (Å²) < 4.78 is 17.9. The van der Waals surface area contributed by atoms with E-state index in [1.54, 1.807) is 25.3 Å². The summed E-state index contributed by atoms with van der Waals surface area (Å²) in [5.74, 6) is 0.0696. The number of carbonyl (C=O) groups is 1. The van der Waals surface area contributed by atoms with Crippen molar-refractivity contribution < 1.29 is 13.9 Å². The van der Waals surface area contributed by atoms with Crippen LogP contribution in [0.5, 0.6) is 5.75 Å². The Morgan fingerprint density at radius 2 is 1.96 bits per heavy atom. The van der Waals surface area contributed by atoms with Gasteiger partial charge in [0.1, 0.15) is 11.6 Å². The van der Waals surface area contributed by atoms with Crippen molar-refractivity contribution in [1.29, 1.82) is 0 Å². The lowest BCUT2D eigenvalue weighted by molar-refractivity contribution is -0.116. The minimum atomic E-state index is -0.353. The number of benzene rings is 2. The van der Waals surface area contributed by atoms with Crippen LogP contribution in [0.4, 0.5) is 4.39 Å². The normalized spacial score (nSPS) is 10.3. The summed E-state index contributed by atoms with van der Waals surface area (Å²) in [7, 11) is 1.58. The van der Waals surface area contributed by atoms with Gasteiger partial charge in [-0.25, -0.2) is 4.39 Å². The summed E-state index contributed by atoms with van der Waals surface area (Å²) in [6.45, 7) is 0.418. The van der Waals surface area contributed by atoms with Crippen molar-refractivity contribution in [2.45, 2.75) is 6.54 Å². The Morgan fingerprint density at radius 1 is 1.20 bits per heavy atom. The summed E-state index contributed by atoms with van der Waals surface area (Å²) in [6.07, 6.45) is 3.04. The number of amides is 1. The molecule has 0 aromatic heterocycles. The molecule has 2 aromatic carbocycles. The number of methoxy groups -OCH3 is 1. The van der Waals surface area contributed by atoms with Gasteiger partial charge in [-0.15, -0.1) is 0 Å². The fraction of sp³-hybridized carbons (Fsp3) is 0.111. The van der Waals surface area contributed by atoms with Crippen LogP contribution in [0.1, 0.15) is 11.1 Å². The second-order valence-corrected chi connectivity index (χ2v) is 5.44. The first-order chi connectivity index (χ1) is 12.1. The molecule has 2 aromatic rings. The van der Waals surface area contributed by atoms with Crippen molar-refractivity contribution in [1.82, 2.24) is 16.2 Å². The molecule has 130 valence electrons. The number of halogens is 1. The summed E-state index contributed by atoms with van der Waals surface area (Å²) in [5.41, 5.74) is 6.76. The van der Waals surface area contributed by atoms with E-state index in [-0.39, 0.29) is 16.8 Å². The van der Waals surface area contributed by atoms with E-state index in [1.165, 1.54) is 18.2 Å². The van der Waals surface area contributed by atoms with Crippen LogP contribution in [-0.4, -0.2) is 18.1 Å². The highest BCUT2D eigenvalue weighted by Crippen LogP contribution is 2.13. The van der Waals surface area contributed by atoms with Crippen molar-refractivity contribution in [3.8, 4) is 5.75 Å². The third-order valence-corrected chi connectivity index (χ3v) is 3.43. The molecule has 0 saturated carbocycles. The maximum absolute atomic E-state index is 12.8. The number of thiocarbonyl (C=S) groups is 1. The first-order valence-electron chi connectivity index (χ1n) is 7.47. The summed E-state index contributed by atoms with van der Waals surface area (Å²) in [6, 6.07) is 13.4. The Balaban J connectivity index is 1.74. The topological polar surface area (TPSA) is 62.4 Å². The van der Waals surface area contributed by atoms with E-state index in [1.807, 2.05) is 24.3 Å². The Bertz CT molecular complexity index is 763. The molecule has 3 N–H and O–H groups in total. The van der Waals surface area contributed by atoms with Crippen LogP contribution in [0.2, 0.25) is 0 Å². The van der Waals surface area contributed by atoms with E-state index in [0.29, 0.717) is 12.3 Å². The van der Waals surface area contributed by atoms with Crippen LogP contribution < -0.4 is 20.9 Å². The lowest BCUT2D eigenvalue weighted by Gasteiger charge is -2.10. The molecule has 0 fully saturated rings. The average Bonchev–Trinajstić information content (AvgIpc) is 2.64. The van der Waals surface area contributed by atoms with E-state index in [4.69, 9.17) is 17.0 Å². The van der Waals surface area contributed by atoms with Gasteiger partial charge < -0.3 is 10.1 Å². The van der Waals surface area contributed by atoms with Gasteiger partial charge in [-0.05, 0) is 53.7 Å². The molecule has 7 heteroatoms. The van der Waals surface area contributed by atoms with Crippen LogP contribution in [0, 0.1) is 5.82 Å². The number of nitrogens with one attached hydrogen (secondary N) is 3. The zero-order valence-corrected chi connectivity index (χ0v) is 14.4. The molecule has 0 bridgehead atoms. The highest BCUT2D eigenvalue weighted by molar-refractivity contribution is 7.80. The minimum Gasteiger partial charge on any atom is -0.497 e. The van der Waals surface area contributed by atoms with Crippen LogP contribution >= 0.6 is 12.2 Å². The molecule has 0 unspecified atom stereocenters. The Kier molecular flexibility index (Phi) is 6.91. The van der Waals surface area contributed by atoms with Crippen LogP contribution in [-0.2, 0) is 11.3 Å². The van der Waals surface area contributed by atoms with Gasteiger partial charge in [0.15, 0.2) is 5.11 Å². The maximum Gasteiger partial charge on any atom is 0.262 e. The highest BCUT2D eigenvalue weighted by atomic mass is 32.1. The van der Waals surface area contributed by atoms with Crippen molar-refractivity contribution in [2.24, 2.45) is 0 Å². The van der Waals surface area contributed by atoms with Crippen LogP contribution in [0.15, 0.2) is 54.6 Å². The molecular weight excluding hydrogens is 341 g/mol. The molecule has 0 heterocycles. The van der Waals surface area contributed by atoms with Crippen molar-refractivity contribution in [3.63, 3.8) is 0 Å². The minimum absolute atomic E-state index is 0.257. The number of hydrazine groups is 1. The van der Waals surface area contributed by atoms with Gasteiger partial charge in [0.2, 0.25) is 0 Å². The van der Waals surface area contributed by atoms with Gasteiger partial charge in [-0.1, -0.05) is 24.3 Å². The van der Waals surface area contributed by atoms with Crippen molar-refractivity contribution >= 4 is 29.3 Å². The molecular formula is C18H18FN3O2S. The summed E-state index contributed by atoms with van der Waals surface area (Å²) in [4.78, 5) is 11.8. The second kappa shape index (κ2) is 9.39. The molecule has 5 nitrogen and oxygen atoms in total. The second-order valence-electron chi connectivity index (χ2n) is 5.03. The van der Waals surface area contributed by atoms with Gasteiger partial charge in [0.05, 0.1) is 7.11 Å². The number of hydrogen-bond donors (Lipinski definition) is 3. The van der Waals surface area contributed by atoms with E-state index >= 15 is 0 Å². The third kappa shape index (κ3) is 6.60. The number of rotatable bonds is 5. The van der Waals surface area contributed by atoms with E-state index in [2.05, 4.69) is 16.2 Å². The fourth-order valence-electron chi connectivity index (χ4n) is 1.91. The number of ether oxygens (including phenoxy) is 1. The average molecular weight is 359 g/mol. The van der Waals surface area contributed by atoms with E-state index in [9.17, 15) is 9.18 Å². The predicted molar refractivity (Wildman–Crippen MR) is 99.1 cm³/mol. The van der Waals surface area contributed by atoms with Crippen molar-refractivity contribution in [3.05, 3.63) is 71.6 Å². The standard InChI is InChI=1S/C18H18FN3O2S/c1-24-16-4-2-3-13(11-16)7-10-17(23)21-22-18(25)20-12-14-5-8-15(19)9-6-14/h2-11H,12H2,1H3,(H,21,23)(H2,20,22,25)/b10-7+. The molecule has 0 radical (unpaired) electrons. The van der Waals surface area contributed by atoms with E-state index in [0.717, 1.165) is 11.1 Å². The number of carbonyl (C=O) groups excluding carboxylic acids is 1. The predicted octanol–water partition coefficient (Wildman–Crippen LogP) is 2.54. The van der Waals surface area contributed by atoms with Gasteiger partial charge in [-0.3, -0.25) is 15.6 Å². The van der Waals surface area contributed by atoms with Gasteiger partial charge in [0.25, 0.3) is 5.91 Å². The fourth-order valence-corrected chi connectivity index (χ4v) is 2.03. The SMILES string of the molecule is COc1cccc(/C=C/C(=O)NNC(=S)NCc2ccc(F)cc2)c1. The summed E-state index contributed by atoms with van der Waals surface area (Å²) >= 11 is 5.06. The third-order valence-electron chi connectivity index (χ3n) is 3.19. The largest absolute Gasteiger partial charge is 0.497 e. The highest BCUT2D eigenvalue weighted by Gasteiger charge is 1.99. The Hall–Kier alpha value is -2.93. The molecule has 0 spiro atoms. The lowest BCUT2D eigenvalue weighted by atomic mass is 10.2. The molecule has 2 rings (SSSR count). The maximum atomic E-state index is 12.8. The number of hydrogen-bond acceptors (Lipinski definition) is 3. The smallest absolute Gasteiger partial charge is 0.262 e. The molecule has 1 amide bonds. The van der Waals surface area contributed by atoms with Gasteiger partial charge >= 0.3 is 0 Å². The zero-order valence-electron chi connectivity index (χ0n) is 13.6. The molecule has 0 saturated heterocycles. The molecule has 0 atom stereocenters.